The summed E-state index contributed by atoms with van der Waals surface area (Å²) in [6, 6.07) is 0. The molecule has 0 fully saturated rings. The predicted octanol–water partition coefficient (Wildman–Crippen LogP) is -1.31. The van der Waals surface area contributed by atoms with Gasteiger partial charge in [-0.1, -0.05) is 0 Å². The van der Waals surface area contributed by atoms with Crippen molar-refractivity contribution < 1.29 is 19.2 Å². The Hall–Kier alpha value is -3.44. The first-order valence-electron chi connectivity index (χ1n) is 7.84. The summed E-state index contributed by atoms with van der Waals surface area (Å²) in [6.45, 7) is 5.38. The minimum atomic E-state index is -1.51. The highest BCUT2D eigenvalue weighted by molar-refractivity contribution is 5.87. The highest BCUT2D eigenvalue weighted by Gasteiger charge is 2.26. The number of carbonyl (C=O) groups is 4. The largest absolute Gasteiger partial charge is 0.317 e. The predicted molar refractivity (Wildman–Crippen MR) is 101 cm³/mol. The van der Waals surface area contributed by atoms with Gasteiger partial charge in [-0.05, 0) is 0 Å². The van der Waals surface area contributed by atoms with Gasteiger partial charge in [0.15, 0.2) is 0 Å². The standard InChI is InChI=1S/C15H24N8O4/c1-11(24)17-7-16-6-5-15(21-8-18-12(2)25,22-9-19-13(3)26)23-10-20-14(4)27/h7-10H,5-6H2,1-4H3,(H,16,17,24)(H,18,21,25)(H,19,22,26)(H,20,23,27). The lowest BCUT2D eigenvalue weighted by Gasteiger charge is -2.19. The van der Waals surface area contributed by atoms with Gasteiger partial charge in [0.2, 0.25) is 29.4 Å². The molecule has 0 aliphatic carbocycles. The van der Waals surface area contributed by atoms with Crippen molar-refractivity contribution >= 4 is 49.0 Å². The molecule has 0 saturated heterocycles. The second-order valence-electron chi connectivity index (χ2n) is 5.14. The molecule has 0 radical (unpaired) electrons. The third-order valence-electron chi connectivity index (χ3n) is 2.55. The van der Waals surface area contributed by atoms with Gasteiger partial charge in [-0.3, -0.25) is 24.2 Å². The lowest BCUT2D eigenvalue weighted by molar-refractivity contribution is -0.118. The highest BCUT2D eigenvalue weighted by atomic mass is 16.2. The Morgan fingerprint density at radius 2 is 1.00 bits per heavy atom. The van der Waals surface area contributed by atoms with Gasteiger partial charge in [0.25, 0.3) is 0 Å². The lowest BCUT2D eigenvalue weighted by Crippen LogP contribution is -2.31. The summed E-state index contributed by atoms with van der Waals surface area (Å²) < 4.78 is 0. The molecule has 0 rings (SSSR count). The Labute approximate surface area is 156 Å². The number of aliphatic imine (C=N–C) groups is 4. The van der Waals surface area contributed by atoms with Crippen LogP contribution in [-0.2, 0) is 19.2 Å². The topological polar surface area (TPSA) is 166 Å². The van der Waals surface area contributed by atoms with Gasteiger partial charge in [0.05, 0.1) is 25.4 Å². The Balaban J connectivity index is 5.51. The summed E-state index contributed by atoms with van der Waals surface area (Å²) in [5.74, 6) is -2.85. The van der Waals surface area contributed by atoms with E-state index in [-0.39, 0.29) is 36.6 Å². The first kappa shape index (κ1) is 23.6. The SMILES string of the molecule is CC(=O)NC=NCCC(N=CNC(C)=O)(N=CNC(C)=O)N=CNC(C)=O. The maximum atomic E-state index is 11.0. The number of hydrogen-bond donors (Lipinski definition) is 4. The second kappa shape index (κ2) is 12.9. The Bertz CT molecular complexity index is 590. The van der Waals surface area contributed by atoms with Gasteiger partial charge in [-0.2, -0.15) is 0 Å². The quantitative estimate of drug-likeness (QED) is 0.273. The van der Waals surface area contributed by atoms with Crippen molar-refractivity contribution in [1.82, 2.24) is 21.3 Å². The molecule has 0 bridgehead atoms. The van der Waals surface area contributed by atoms with Gasteiger partial charge in [-0.25, -0.2) is 15.0 Å². The van der Waals surface area contributed by atoms with Crippen molar-refractivity contribution in [2.45, 2.75) is 39.9 Å². The van der Waals surface area contributed by atoms with E-state index < -0.39 is 5.79 Å². The third-order valence-corrected chi connectivity index (χ3v) is 2.55. The number of amides is 4. The van der Waals surface area contributed by atoms with Crippen LogP contribution in [0.1, 0.15) is 34.1 Å². The zero-order chi connectivity index (χ0) is 20.7. The molecule has 0 saturated carbocycles. The normalized spacial score (nSPS) is 13.8. The number of carbonyl (C=O) groups excluding carboxylic acids is 4. The van der Waals surface area contributed by atoms with E-state index >= 15 is 0 Å². The van der Waals surface area contributed by atoms with Crippen molar-refractivity contribution in [3.05, 3.63) is 0 Å². The van der Waals surface area contributed by atoms with E-state index in [1.54, 1.807) is 0 Å². The Kier molecular flexibility index (Phi) is 11.2. The summed E-state index contributed by atoms with van der Waals surface area (Å²) in [7, 11) is 0. The van der Waals surface area contributed by atoms with Crippen molar-refractivity contribution in [2.75, 3.05) is 6.54 Å². The van der Waals surface area contributed by atoms with Crippen LogP contribution in [0.3, 0.4) is 0 Å². The van der Waals surface area contributed by atoms with E-state index in [1.165, 1.54) is 34.0 Å². The zero-order valence-electron chi connectivity index (χ0n) is 15.6. The van der Waals surface area contributed by atoms with Gasteiger partial charge in [0, 0.05) is 40.7 Å². The van der Waals surface area contributed by atoms with E-state index in [2.05, 4.69) is 41.2 Å². The molecular formula is C15H24N8O4. The fourth-order valence-corrected chi connectivity index (χ4v) is 1.39. The van der Waals surface area contributed by atoms with Crippen LogP contribution in [0.2, 0.25) is 0 Å². The molecule has 0 aliphatic heterocycles. The molecule has 0 aromatic rings. The van der Waals surface area contributed by atoms with Crippen LogP contribution >= 0.6 is 0 Å². The summed E-state index contributed by atoms with van der Waals surface area (Å²) in [5.41, 5.74) is 0. The fourth-order valence-electron chi connectivity index (χ4n) is 1.39. The maximum absolute atomic E-state index is 11.0. The first-order chi connectivity index (χ1) is 12.7. The molecule has 0 aliphatic rings. The molecule has 4 amide bonds. The van der Waals surface area contributed by atoms with E-state index in [9.17, 15) is 19.2 Å². The van der Waals surface area contributed by atoms with E-state index in [0.717, 1.165) is 19.0 Å². The van der Waals surface area contributed by atoms with Crippen LogP contribution in [0.5, 0.6) is 0 Å². The molecule has 0 unspecified atom stereocenters. The molecular weight excluding hydrogens is 356 g/mol. The third kappa shape index (κ3) is 13.5. The molecule has 0 spiro atoms. The lowest BCUT2D eigenvalue weighted by atomic mass is 10.2. The van der Waals surface area contributed by atoms with Crippen LogP contribution in [-0.4, -0.2) is 61.3 Å². The van der Waals surface area contributed by atoms with Crippen molar-refractivity contribution in [2.24, 2.45) is 20.0 Å². The molecule has 12 heteroatoms. The van der Waals surface area contributed by atoms with Gasteiger partial charge < -0.3 is 21.3 Å². The van der Waals surface area contributed by atoms with Gasteiger partial charge in [-0.15, -0.1) is 0 Å². The molecule has 148 valence electrons. The molecule has 4 N–H and O–H groups in total. The van der Waals surface area contributed by atoms with E-state index in [0.29, 0.717) is 0 Å². The number of nitrogens with zero attached hydrogens (tertiary/aromatic N) is 4. The van der Waals surface area contributed by atoms with Crippen LogP contribution in [0.4, 0.5) is 0 Å². The smallest absolute Gasteiger partial charge is 0.250 e. The first-order valence-corrected chi connectivity index (χ1v) is 7.84. The fraction of sp³-hybridized carbons (Fsp3) is 0.467. The molecule has 12 nitrogen and oxygen atoms in total. The zero-order valence-corrected chi connectivity index (χ0v) is 15.6. The number of rotatable bonds is 10. The maximum Gasteiger partial charge on any atom is 0.250 e. The van der Waals surface area contributed by atoms with Crippen LogP contribution in [0, 0.1) is 0 Å². The monoisotopic (exact) mass is 380 g/mol. The summed E-state index contributed by atoms with van der Waals surface area (Å²) in [4.78, 5) is 60.3. The molecule has 0 heterocycles. The molecule has 0 aromatic heterocycles. The van der Waals surface area contributed by atoms with E-state index in [4.69, 9.17) is 0 Å². The Morgan fingerprint density at radius 3 is 1.33 bits per heavy atom. The van der Waals surface area contributed by atoms with Crippen molar-refractivity contribution in [3.63, 3.8) is 0 Å². The van der Waals surface area contributed by atoms with Crippen LogP contribution in [0.15, 0.2) is 20.0 Å². The molecule has 27 heavy (non-hydrogen) atoms. The van der Waals surface area contributed by atoms with Gasteiger partial charge >= 0.3 is 0 Å². The van der Waals surface area contributed by atoms with Crippen LogP contribution < -0.4 is 21.3 Å². The molecule has 0 aromatic carbocycles. The van der Waals surface area contributed by atoms with Crippen molar-refractivity contribution in [3.8, 4) is 0 Å². The summed E-state index contributed by atoms with van der Waals surface area (Å²) in [5, 5.41) is 9.49. The number of nitrogens with one attached hydrogen (secondary N) is 4. The van der Waals surface area contributed by atoms with Gasteiger partial charge in [0.1, 0.15) is 0 Å². The average molecular weight is 380 g/mol. The van der Waals surface area contributed by atoms with Crippen molar-refractivity contribution in [1.29, 1.82) is 0 Å². The minimum absolute atomic E-state index is 0.103. The minimum Gasteiger partial charge on any atom is -0.317 e. The Morgan fingerprint density at radius 1 is 0.667 bits per heavy atom. The average Bonchev–Trinajstić information content (AvgIpc) is 2.53. The second-order valence-corrected chi connectivity index (χ2v) is 5.14. The van der Waals surface area contributed by atoms with Crippen LogP contribution in [0.25, 0.3) is 0 Å². The highest BCUT2D eigenvalue weighted by Crippen LogP contribution is 2.19. The van der Waals surface area contributed by atoms with E-state index in [1.807, 2.05) is 0 Å². The summed E-state index contributed by atoms with van der Waals surface area (Å²) >= 11 is 0. The number of hydrogen-bond acceptors (Lipinski definition) is 8. The summed E-state index contributed by atoms with van der Waals surface area (Å²) in [6.07, 6.45) is 4.65. The molecule has 0 atom stereocenters.